The van der Waals surface area contributed by atoms with Gasteiger partial charge in [-0.1, -0.05) is 35.9 Å². The largest absolute Gasteiger partial charge is 0.461 e. The predicted octanol–water partition coefficient (Wildman–Crippen LogP) is 3.20. The van der Waals surface area contributed by atoms with Gasteiger partial charge < -0.3 is 15.0 Å². The molecule has 0 spiro atoms. The number of carbonyl (C=O) groups excluding carboxylic acids is 3. The van der Waals surface area contributed by atoms with Crippen molar-refractivity contribution in [2.45, 2.75) is 45.8 Å². The number of carbonyl (C=O) groups is 3. The molecule has 2 aromatic heterocycles. The Morgan fingerprint density at radius 2 is 2.00 bits per heavy atom. The topological polar surface area (TPSA) is 93.5 Å². The molecule has 0 aliphatic carbocycles. The predicted molar refractivity (Wildman–Crippen MR) is 129 cm³/mol. The SMILES string of the molecule is CCOC(=O)c1cc2n(n1)C[C@@](C)(C(=O)NCc1ccc(C)cc1)N(CCc1cccs1)C2=O. The summed E-state index contributed by atoms with van der Waals surface area (Å²) in [5.74, 6) is -1.20. The molecule has 0 saturated carbocycles. The van der Waals surface area contributed by atoms with Gasteiger partial charge in [0.1, 0.15) is 11.2 Å². The Hall–Kier alpha value is -3.46. The fraction of sp³-hybridized carbons (Fsp3) is 0.360. The van der Waals surface area contributed by atoms with E-state index in [1.54, 1.807) is 30.1 Å². The number of hydrogen-bond donors (Lipinski definition) is 1. The van der Waals surface area contributed by atoms with Crippen molar-refractivity contribution >= 4 is 29.1 Å². The lowest BCUT2D eigenvalue weighted by Crippen LogP contribution is -2.64. The van der Waals surface area contributed by atoms with Gasteiger partial charge in [0.05, 0.1) is 13.2 Å². The molecule has 0 fully saturated rings. The number of aromatic nitrogens is 2. The molecule has 3 aromatic rings. The number of amides is 2. The molecule has 8 nitrogen and oxygen atoms in total. The molecular weight excluding hydrogens is 452 g/mol. The number of thiophene rings is 1. The molecule has 1 aliphatic heterocycles. The van der Waals surface area contributed by atoms with Gasteiger partial charge in [0.15, 0.2) is 5.69 Å². The summed E-state index contributed by atoms with van der Waals surface area (Å²) in [5, 5.41) is 9.26. The number of aryl methyl sites for hydroxylation is 1. The number of esters is 1. The number of benzene rings is 1. The molecule has 0 unspecified atom stereocenters. The van der Waals surface area contributed by atoms with Crippen molar-refractivity contribution in [1.82, 2.24) is 20.0 Å². The van der Waals surface area contributed by atoms with Crippen LogP contribution in [0.1, 0.15) is 50.8 Å². The average Bonchev–Trinajstić information content (AvgIpc) is 3.48. The van der Waals surface area contributed by atoms with Crippen LogP contribution in [0, 0.1) is 6.92 Å². The number of hydrogen-bond acceptors (Lipinski definition) is 6. The minimum atomic E-state index is -1.18. The fourth-order valence-corrected chi connectivity index (χ4v) is 4.75. The molecule has 3 heterocycles. The first-order valence-corrected chi connectivity index (χ1v) is 12.1. The van der Waals surface area contributed by atoms with Gasteiger partial charge >= 0.3 is 5.97 Å². The monoisotopic (exact) mass is 480 g/mol. The quantitative estimate of drug-likeness (QED) is 0.500. The molecule has 0 saturated heterocycles. The zero-order valence-corrected chi connectivity index (χ0v) is 20.4. The minimum Gasteiger partial charge on any atom is -0.461 e. The summed E-state index contributed by atoms with van der Waals surface area (Å²) in [6.07, 6.45) is 0.628. The van der Waals surface area contributed by atoms with Crippen molar-refractivity contribution in [3.05, 3.63) is 75.2 Å². The van der Waals surface area contributed by atoms with Crippen molar-refractivity contribution < 1.29 is 19.1 Å². The highest BCUT2D eigenvalue weighted by atomic mass is 32.1. The Kier molecular flexibility index (Phi) is 6.83. The van der Waals surface area contributed by atoms with E-state index in [1.165, 1.54) is 10.7 Å². The van der Waals surface area contributed by atoms with Gasteiger partial charge in [0.2, 0.25) is 5.91 Å². The van der Waals surface area contributed by atoms with E-state index in [9.17, 15) is 14.4 Å². The van der Waals surface area contributed by atoms with E-state index >= 15 is 0 Å². The van der Waals surface area contributed by atoms with E-state index < -0.39 is 11.5 Å². The smallest absolute Gasteiger partial charge is 0.358 e. The first-order valence-electron chi connectivity index (χ1n) is 11.2. The minimum absolute atomic E-state index is 0.0627. The summed E-state index contributed by atoms with van der Waals surface area (Å²) in [7, 11) is 0. The molecule has 4 rings (SSSR count). The van der Waals surface area contributed by atoms with E-state index in [0.29, 0.717) is 19.5 Å². The Balaban J connectivity index is 1.61. The second-order valence-corrected chi connectivity index (χ2v) is 9.55. The standard InChI is InChI=1S/C25H28N4O4S/c1-4-33-23(31)20-14-21-22(30)28(12-11-19-6-5-13-34-19)25(3,16-29(21)27-20)24(32)26-15-18-9-7-17(2)8-10-18/h5-10,13-14H,4,11-12,15-16H2,1-3H3,(H,26,32)/t25-/m0/s1. The molecule has 1 aliphatic rings. The fourth-order valence-electron chi connectivity index (χ4n) is 4.05. The maximum Gasteiger partial charge on any atom is 0.358 e. The summed E-state index contributed by atoms with van der Waals surface area (Å²) >= 11 is 1.61. The number of nitrogens with one attached hydrogen (secondary N) is 1. The molecule has 178 valence electrons. The first kappa shape index (κ1) is 23.7. The van der Waals surface area contributed by atoms with Crippen LogP contribution in [0.3, 0.4) is 0 Å². The molecule has 2 amide bonds. The molecular formula is C25H28N4O4S. The molecule has 9 heteroatoms. The number of ether oxygens (including phenoxy) is 1. The lowest BCUT2D eigenvalue weighted by molar-refractivity contribution is -0.133. The Labute approximate surface area is 202 Å². The maximum absolute atomic E-state index is 13.5. The summed E-state index contributed by atoms with van der Waals surface area (Å²) in [5.41, 5.74) is 1.28. The van der Waals surface area contributed by atoms with Crippen molar-refractivity contribution in [2.75, 3.05) is 13.2 Å². The Bertz CT molecular complexity index is 1190. The number of fused-ring (bicyclic) bond motifs is 1. The van der Waals surface area contributed by atoms with Crippen molar-refractivity contribution in [1.29, 1.82) is 0 Å². The number of nitrogens with zero attached hydrogens (tertiary/aromatic N) is 3. The van der Waals surface area contributed by atoms with Crippen LogP contribution in [0.15, 0.2) is 47.8 Å². The van der Waals surface area contributed by atoms with Gasteiger partial charge in [0, 0.05) is 24.0 Å². The highest BCUT2D eigenvalue weighted by Crippen LogP contribution is 2.28. The van der Waals surface area contributed by atoms with Crippen LogP contribution in [0.2, 0.25) is 0 Å². The van der Waals surface area contributed by atoms with Gasteiger partial charge in [0.25, 0.3) is 5.91 Å². The van der Waals surface area contributed by atoms with Gasteiger partial charge in [-0.3, -0.25) is 14.3 Å². The molecule has 0 radical (unpaired) electrons. The Morgan fingerprint density at radius 1 is 1.24 bits per heavy atom. The van der Waals surface area contributed by atoms with Crippen molar-refractivity contribution in [3.63, 3.8) is 0 Å². The highest BCUT2D eigenvalue weighted by Gasteiger charge is 2.48. The highest BCUT2D eigenvalue weighted by molar-refractivity contribution is 7.09. The molecule has 1 N–H and O–H groups in total. The Morgan fingerprint density at radius 3 is 2.68 bits per heavy atom. The van der Waals surface area contributed by atoms with Crippen LogP contribution in [0.25, 0.3) is 0 Å². The van der Waals surface area contributed by atoms with Crippen LogP contribution >= 0.6 is 11.3 Å². The number of rotatable bonds is 8. The van der Waals surface area contributed by atoms with Crippen molar-refractivity contribution in [3.8, 4) is 0 Å². The van der Waals surface area contributed by atoms with Gasteiger partial charge in [-0.25, -0.2) is 4.79 Å². The van der Waals surface area contributed by atoms with Crippen LogP contribution in [0.4, 0.5) is 0 Å². The van der Waals surface area contributed by atoms with E-state index in [4.69, 9.17) is 4.74 Å². The van der Waals surface area contributed by atoms with Crippen molar-refractivity contribution in [2.24, 2.45) is 0 Å². The first-order chi connectivity index (χ1) is 16.3. The molecule has 1 aromatic carbocycles. The van der Waals surface area contributed by atoms with E-state index in [1.807, 2.05) is 48.7 Å². The molecule has 0 bridgehead atoms. The zero-order chi connectivity index (χ0) is 24.3. The van der Waals surface area contributed by atoms with E-state index in [0.717, 1.165) is 16.0 Å². The summed E-state index contributed by atoms with van der Waals surface area (Å²) in [6.45, 7) is 6.53. The second-order valence-electron chi connectivity index (χ2n) is 8.52. The third-order valence-electron chi connectivity index (χ3n) is 6.01. The summed E-state index contributed by atoms with van der Waals surface area (Å²) in [4.78, 5) is 42.0. The van der Waals surface area contributed by atoms with E-state index in [2.05, 4.69) is 10.4 Å². The second kappa shape index (κ2) is 9.80. The zero-order valence-electron chi connectivity index (χ0n) is 19.5. The maximum atomic E-state index is 13.5. The lowest BCUT2D eigenvalue weighted by atomic mass is 9.94. The van der Waals surface area contributed by atoms with Crippen LogP contribution in [-0.2, 0) is 29.0 Å². The van der Waals surface area contributed by atoms with Gasteiger partial charge in [-0.15, -0.1) is 11.3 Å². The summed E-state index contributed by atoms with van der Waals surface area (Å²) in [6, 6.07) is 13.3. The van der Waals surface area contributed by atoms with Gasteiger partial charge in [-0.2, -0.15) is 5.10 Å². The van der Waals surface area contributed by atoms with Crippen LogP contribution in [0.5, 0.6) is 0 Å². The third kappa shape index (κ3) is 4.75. The average molecular weight is 481 g/mol. The molecule has 34 heavy (non-hydrogen) atoms. The molecule has 1 atom stereocenters. The third-order valence-corrected chi connectivity index (χ3v) is 6.94. The van der Waals surface area contributed by atoms with Gasteiger partial charge in [-0.05, 0) is 44.2 Å². The van der Waals surface area contributed by atoms with E-state index in [-0.39, 0.29) is 36.4 Å². The normalized spacial score (nSPS) is 17.4. The summed E-state index contributed by atoms with van der Waals surface area (Å²) < 4.78 is 6.49. The van der Waals surface area contributed by atoms with Crippen LogP contribution < -0.4 is 5.32 Å². The lowest BCUT2D eigenvalue weighted by Gasteiger charge is -2.43. The van der Waals surface area contributed by atoms with Crippen LogP contribution in [-0.4, -0.2) is 51.2 Å².